The molecule has 0 saturated carbocycles. The monoisotopic (exact) mass is 462 g/mol. The second-order valence-electron chi connectivity index (χ2n) is 11.0. The van der Waals surface area contributed by atoms with Gasteiger partial charge in [0.25, 0.3) is 0 Å². The molecule has 1 aliphatic rings. The Morgan fingerprint density at radius 2 is 1.55 bits per heavy atom. The van der Waals surface area contributed by atoms with Gasteiger partial charge < -0.3 is 18.9 Å². The number of hydrogen-bond donors (Lipinski definition) is 0. The van der Waals surface area contributed by atoms with Gasteiger partial charge in [0.05, 0.1) is 25.4 Å². The van der Waals surface area contributed by atoms with Crippen molar-refractivity contribution in [2.75, 3.05) is 6.61 Å². The molecule has 186 valence electrons. The highest BCUT2D eigenvalue weighted by molar-refractivity contribution is 5.95. The van der Waals surface area contributed by atoms with Crippen LogP contribution in [0.4, 0.5) is 0 Å². The zero-order valence-electron chi connectivity index (χ0n) is 21.6. The first-order valence-electron chi connectivity index (χ1n) is 12.0. The fraction of sp³-hybridized carbons (Fsp3) is 0.704. The molecule has 0 unspecified atom stereocenters. The number of carbonyl (C=O) groups is 2. The molecule has 6 nitrogen and oxygen atoms in total. The van der Waals surface area contributed by atoms with Gasteiger partial charge in [0.1, 0.15) is 11.2 Å². The molecule has 0 aromatic heterocycles. The summed E-state index contributed by atoms with van der Waals surface area (Å²) in [6.07, 6.45) is 1.05. The Morgan fingerprint density at radius 1 is 1.00 bits per heavy atom. The summed E-state index contributed by atoms with van der Waals surface area (Å²) in [7, 11) is 0. The smallest absolute Gasteiger partial charge is 0.320 e. The van der Waals surface area contributed by atoms with Crippen LogP contribution >= 0.6 is 0 Å². The van der Waals surface area contributed by atoms with Crippen molar-refractivity contribution in [2.24, 2.45) is 17.8 Å². The van der Waals surface area contributed by atoms with Crippen molar-refractivity contribution in [3.8, 4) is 0 Å². The number of rotatable bonds is 8. The van der Waals surface area contributed by atoms with Crippen LogP contribution in [0.1, 0.15) is 73.8 Å². The third kappa shape index (κ3) is 8.74. The topological polar surface area (TPSA) is 71.1 Å². The van der Waals surface area contributed by atoms with Crippen molar-refractivity contribution in [1.29, 1.82) is 0 Å². The Bertz CT molecular complexity index is 733. The molecule has 0 bridgehead atoms. The molecular formula is C27H42O6. The van der Waals surface area contributed by atoms with Crippen molar-refractivity contribution >= 4 is 11.9 Å². The van der Waals surface area contributed by atoms with Crippen LogP contribution in [0.25, 0.3) is 0 Å². The Labute approximate surface area is 199 Å². The first-order valence-corrected chi connectivity index (χ1v) is 12.0. The van der Waals surface area contributed by atoms with Crippen LogP contribution in [0.5, 0.6) is 0 Å². The van der Waals surface area contributed by atoms with E-state index in [4.69, 9.17) is 18.9 Å². The average Bonchev–Trinajstić information content (AvgIpc) is 2.69. The van der Waals surface area contributed by atoms with E-state index in [1.54, 1.807) is 41.5 Å². The Morgan fingerprint density at radius 3 is 2.03 bits per heavy atom. The minimum Gasteiger partial charge on any atom is -0.459 e. The fourth-order valence-electron chi connectivity index (χ4n) is 4.22. The molecule has 1 fully saturated rings. The van der Waals surface area contributed by atoms with Crippen LogP contribution in [0.15, 0.2) is 30.3 Å². The summed E-state index contributed by atoms with van der Waals surface area (Å²) in [6.45, 7) is 15.9. The molecule has 1 saturated heterocycles. The average molecular weight is 463 g/mol. The molecule has 1 heterocycles. The van der Waals surface area contributed by atoms with E-state index in [9.17, 15) is 9.59 Å². The van der Waals surface area contributed by atoms with Gasteiger partial charge in [0.15, 0.2) is 5.92 Å². The maximum absolute atomic E-state index is 13.0. The number of benzene rings is 1. The maximum Gasteiger partial charge on any atom is 0.320 e. The summed E-state index contributed by atoms with van der Waals surface area (Å²) < 4.78 is 23.7. The lowest BCUT2D eigenvalue weighted by Gasteiger charge is -2.42. The lowest BCUT2D eigenvalue weighted by Crippen LogP contribution is -2.48. The van der Waals surface area contributed by atoms with Crippen molar-refractivity contribution in [3.05, 3.63) is 35.9 Å². The molecule has 0 radical (unpaired) electrons. The Hall–Kier alpha value is -1.92. The van der Waals surface area contributed by atoms with Crippen molar-refractivity contribution in [3.63, 3.8) is 0 Å². The second kappa shape index (κ2) is 11.5. The summed E-state index contributed by atoms with van der Waals surface area (Å²) >= 11 is 0. The predicted molar refractivity (Wildman–Crippen MR) is 128 cm³/mol. The standard InChI is InChI=1S/C27H42O6/c1-9-22-18(2)23(31-16-19-13-11-10-12-14-19)20(17-30-22)15-21(24(28)32-26(3,4)5)25(29)33-27(6,7)8/h10-14,18,20-23H,9,15-17H2,1-8H3/t18-,20+,22+,23-/m0/s1. The van der Waals surface area contributed by atoms with E-state index in [1.165, 1.54) is 0 Å². The van der Waals surface area contributed by atoms with Gasteiger partial charge in [-0.1, -0.05) is 44.2 Å². The summed E-state index contributed by atoms with van der Waals surface area (Å²) in [6, 6.07) is 10.0. The van der Waals surface area contributed by atoms with E-state index in [2.05, 4.69) is 13.8 Å². The van der Waals surface area contributed by atoms with Gasteiger partial charge in [-0.3, -0.25) is 9.59 Å². The zero-order valence-corrected chi connectivity index (χ0v) is 21.6. The SMILES string of the molecule is CC[C@H]1OC[C@@H](CC(C(=O)OC(C)(C)C)C(=O)OC(C)(C)C)[C@@H](OCc2ccccc2)[C@H]1C. The molecule has 2 rings (SSSR count). The van der Waals surface area contributed by atoms with Gasteiger partial charge in [0, 0.05) is 11.8 Å². The van der Waals surface area contributed by atoms with E-state index in [-0.39, 0.29) is 30.5 Å². The van der Waals surface area contributed by atoms with Crippen molar-refractivity contribution in [1.82, 2.24) is 0 Å². The molecule has 0 N–H and O–H groups in total. The molecule has 4 atom stereocenters. The molecule has 1 aromatic carbocycles. The highest BCUT2D eigenvalue weighted by atomic mass is 16.6. The molecule has 6 heteroatoms. The third-order valence-corrected chi connectivity index (χ3v) is 5.70. The predicted octanol–water partition coefficient (Wildman–Crippen LogP) is 5.32. The number of carbonyl (C=O) groups excluding carboxylic acids is 2. The van der Waals surface area contributed by atoms with Crippen LogP contribution in [-0.4, -0.2) is 42.0 Å². The van der Waals surface area contributed by atoms with Crippen molar-refractivity contribution in [2.45, 2.75) is 98.2 Å². The van der Waals surface area contributed by atoms with E-state index < -0.39 is 29.1 Å². The second-order valence-corrected chi connectivity index (χ2v) is 11.0. The van der Waals surface area contributed by atoms with Crippen molar-refractivity contribution < 1.29 is 28.5 Å². The van der Waals surface area contributed by atoms with Gasteiger partial charge in [-0.15, -0.1) is 0 Å². The van der Waals surface area contributed by atoms with Crippen LogP contribution < -0.4 is 0 Å². The molecule has 0 spiro atoms. The largest absolute Gasteiger partial charge is 0.459 e. The Kier molecular flexibility index (Phi) is 9.50. The van der Waals surface area contributed by atoms with Crippen LogP contribution in [0.3, 0.4) is 0 Å². The van der Waals surface area contributed by atoms with Crippen LogP contribution in [0, 0.1) is 17.8 Å². The summed E-state index contributed by atoms with van der Waals surface area (Å²) in [4.78, 5) is 26.1. The molecular weight excluding hydrogens is 420 g/mol. The normalized spacial score (nSPS) is 23.9. The molecule has 33 heavy (non-hydrogen) atoms. The van der Waals surface area contributed by atoms with Crippen LogP contribution in [0.2, 0.25) is 0 Å². The van der Waals surface area contributed by atoms with E-state index in [1.807, 2.05) is 30.3 Å². The van der Waals surface area contributed by atoms with Gasteiger partial charge in [-0.2, -0.15) is 0 Å². The van der Waals surface area contributed by atoms with Gasteiger partial charge >= 0.3 is 11.9 Å². The summed E-state index contributed by atoms with van der Waals surface area (Å²) in [5.41, 5.74) is -0.326. The first kappa shape index (κ1) is 27.3. The quantitative estimate of drug-likeness (QED) is 0.384. The van der Waals surface area contributed by atoms with Crippen LogP contribution in [-0.2, 0) is 35.1 Å². The zero-order chi connectivity index (χ0) is 24.8. The third-order valence-electron chi connectivity index (χ3n) is 5.70. The maximum atomic E-state index is 13.0. The number of hydrogen-bond acceptors (Lipinski definition) is 6. The minimum atomic E-state index is -1.04. The van der Waals surface area contributed by atoms with Gasteiger partial charge in [0.2, 0.25) is 0 Å². The highest BCUT2D eigenvalue weighted by Crippen LogP contribution is 2.35. The Balaban J connectivity index is 2.24. The first-order chi connectivity index (χ1) is 15.3. The number of esters is 2. The lowest BCUT2D eigenvalue weighted by molar-refractivity contribution is -0.182. The number of ether oxygens (including phenoxy) is 4. The molecule has 1 aliphatic heterocycles. The summed E-state index contributed by atoms with van der Waals surface area (Å²) in [5, 5.41) is 0. The minimum absolute atomic E-state index is 0.0727. The van der Waals surface area contributed by atoms with E-state index >= 15 is 0 Å². The van der Waals surface area contributed by atoms with Gasteiger partial charge in [-0.05, 0) is 59.9 Å². The van der Waals surface area contributed by atoms with E-state index in [0.717, 1.165) is 12.0 Å². The highest BCUT2D eigenvalue weighted by Gasteiger charge is 2.43. The van der Waals surface area contributed by atoms with Gasteiger partial charge in [-0.25, -0.2) is 0 Å². The molecule has 0 aliphatic carbocycles. The summed E-state index contributed by atoms with van der Waals surface area (Å²) in [5.74, 6) is -2.19. The fourth-order valence-corrected chi connectivity index (χ4v) is 4.22. The molecule has 0 amide bonds. The molecule has 1 aromatic rings. The van der Waals surface area contributed by atoms with E-state index in [0.29, 0.717) is 13.2 Å². The lowest BCUT2D eigenvalue weighted by atomic mass is 9.80.